The second kappa shape index (κ2) is 12.9. The molecule has 2 amide bonds. The molecule has 3 fully saturated rings. The summed E-state index contributed by atoms with van der Waals surface area (Å²) in [6, 6.07) is 7.89. The third-order valence-corrected chi connectivity index (χ3v) is 10.9. The Morgan fingerprint density at radius 2 is 1.95 bits per heavy atom. The number of fused-ring (bicyclic) bond motifs is 1. The van der Waals surface area contributed by atoms with Crippen molar-refractivity contribution in [1.29, 1.82) is 0 Å². The first-order valence-corrected chi connectivity index (χ1v) is 15.5. The van der Waals surface area contributed by atoms with E-state index in [2.05, 4.69) is 20.1 Å². The molecule has 0 aromatic heterocycles. The van der Waals surface area contributed by atoms with Gasteiger partial charge in [0.15, 0.2) is 0 Å². The molecule has 0 aliphatic carbocycles. The lowest BCUT2D eigenvalue weighted by atomic mass is 9.66. The Morgan fingerprint density at radius 3 is 2.60 bits per heavy atom. The first kappa shape index (κ1) is 30.4. The molecular weight excluding hydrogens is 524 g/mol. The smallest absolute Gasteiger partial charge is 0.311 e. The second-order valence-electron chi connectivity index (χ2n) is 11.5. The predicted molar refractivity (Wildman–Crippen MR) is 159 cm³/mol. The maximum Gasteiger partial charge on any atom is 0.311 e. The summed E-state index contributed by atoms with van der Waals surface area (Å²) in [5.41, 5.74) is 0.767. The SMILES string of the molecule is C=CCCCCOC(=O)[C@H]1[C@H]2C(=O)N([C@H](CO)c3ccccc3)C(C(=O)N(CC=C)CCCC)C23CC[C@]1(C)S3. The summed E-state index contributed by atoms with van der Waals surface area (Å²) in [7, 11) is 0. The normalized spacial score (nSPS) is 29.2. The molecule has 4 rings (SSSR count). The number of ether oxygens (including phenoxy) is 1. The molecule has 0 saturated carbocycles. The Balaban J connectivity index is 1.74. The van der Waals surface area contributed by atoms with Gasteiger partial charge in [0.25, 0.3) is 0 Å². The van der Waals surface area contributed by atoms with Crippen LogP contribution in [0.3, 0.4) is 0 Å². The second-order valence-corrected chi connectivity index (χ2v) is 13.4. The molecule has 8 heteroatoms. The van der Waals surface area contributed by atoms with E-state index in [1.807, 2.05) is 43.3 Å². The number of aliphatic hydroxyl groups excluding tert-OH is 1. The van der Waals surface area contributed by atoms with Gasteiger partial charge in [0, 0.05) is 17.8 Å². The third kappa shape index (κ3) is 5.37. The molecule has 3 aliphatic rings. The van der Waals surface area contributed by atoms with Crippen molar-refractivity contribution in [2.75, 3.05) is 26.3 Å². The number of esters is 1. The highest BCUT2D eigenvalue weighted by Gasteiger charge is 2.78. The first-order valence-electron chi connectivity index (χ1n) is 14.6. The van der Waals surface area contributed by atoms with Crippen LogP contribution in [-0.4, -0.2) is 74.5 Å². The maximum absolute atomic E-state index is 14.5. The van der Waals surface area contributed by atoms with Crippen molar-refractivity contribution in [3.8, 4) is 0 Å². The number of hydrogen-bond donors (Lipinski definition) is 1. The van der Waals surface area contributed by atoms with Gasteiger partial charge in [-0.2, -0.15) is 0 Å². The van der Waals surface area contributed by atoms with Crippen LogP contribution >= 0.6 is 11.8 Å². The average Bonchev–Trinajstić information content (AvgIpc) is 3.52. The topological polar surface area (TPSA) is 87.1 Å². The molecule has 1 N–H and O–H groups in total. The highest BCUT2D eigenvalue weighted by molar-refractivity contribution is 8.02. The third-order valence-electron chi connectivity index (χ3n) is 8.89. The number of thioether (sulfide) groups is 1. The van der Waals surface area contributed by atoms with Crippen molar-refractivity contribution in [2.45, 2.75) is 80.4 Å². The zero-order valence-corrected chi connectivity index (χ0v) is 24.7. The molecule has 3 heterocycles. The summed E-state index contributed by atoms with van der Waals surface area (Å²) < 4.78 is 4.52. The van der Waals surface area contributed by atoms with Gasteiger partial charge in [0.2, 0.25) is 11.8 Å². The highest BCUT2D eigenvalue weighted by atomic mass is 32.2. The lowest BCUT2D eigenvalue weighted by molar-refractivity contribution is -0.156. The van der Waals surface area contributed by atoms with Gasteiger partial charge in [0.1, 0.15) is 6.04 Å². The average molecular weight is 569 g/mol. The zero-order chi connectivity index (χ0) is 28.9. The van der Waals surface area contributed by atoms with Gasteiger partial charge < -0.3 is 19.6 Å². The van der Waals surface area contributed by atoms with Crippen LogP contribution in [0.1, 0.15) is 70.4 Å². The van der Waals surface area contributed by atoms with Crippen LogP contribution in [0.4, 0.5) is 0 Å². The van der Waals surface area contributed by atoms with Crippen LogP contribution in [0.25, 0.3) is 0 Å². The van der Waals surface area contributed by atoms with Gasteiger partial charge in [-0.1, -0.05) is 55.8 Å². The minimum Gasteiger partial charge on any atom is -0.465 e. The number of rotatable bonds is 15. The van der Waals surface area contributed by atoms with Gasteiger partial charge in [0.05, 0.1) is 35.8 Å². The standard InChI is InChI=1S/C32H44N2O5S/c1-5-8-10-14-21-39-30(38)26-25-28(36)34(24(22-35)23-15-12-11-13-16-23)27(32(25)18-17-31(26,4)40-32)29(37)33(19-7-3)20-9-6-2/h5,7,11-13,15-16,24-27,35H,1,3,6,8-10,14,17-22H2,2,4H3/t24-,25+,26-,27?,31+,32?/m1/s1. The van der Waals surface area contributed by atoms with E-state index in [9.17, 15) is 19.5 Å². The summed E-state index contributed by atoms with van der Waals surface area (Å²) in [6.07, 6.45) is 9.20. The van der Waals surface area contributed by atoms with Crippen LogP contribution in [-0.2, 0) is 19.1 Å². The number of aliphatic hydroxyl groups is 1. The molecule has 3 saturated heterocycles. The van der Waals surface area contributed by atoms with E-state index in [1.54, 1.807) is 27.6 Å². The first-order chi connectivity index (χ1) is 19.3. The number of carbonyl (C=O) groups excluding carboxylic acids is 3. The number of carbonyl (C=O) groups is 3. The van der Waals surface area contributed by atoms with Gasteiger partial charge in [-0.25, -0.2) is 0 Å². The molecule has 1 aromatic carbocycles. The molecule has 0 radical (unpaired) electrons. The van der Waals surface area contributed by atoms with Crippen LogP contribution < -0.4 is 0 Å². The maximum atomic E-state index is 14.5. The predicted octanol–water partition coefficient (Wildman–Crippen LogP) is 4.92. The number of nitrogens with zero attached hydrogens (tertiary/aromatic N) is 2. The largest absolute Gasteiger partial charge is 0.465 e. The minimum atomic E-state index is -0.795. The lowest BCUT2D eigenvalue weighted by Crippen LogP contribution is -2.55. The van der Waals surface area contributed by atoms with E-state index in [0.29, 0.717) is 26.1 Å². The number of unbranched alkanes of at least 4 members (excludes halogenated alkanes) is 3. The molecule has 1 spiro atoms. The number of benzene rings is 1. The van der Waals surface area contributed by atoms with Crippen molar-refractivity contribution in [1.82, 2.24) is 9.80 Å². The van der Waals surface area contributed by atoms with Crippen LogP contribution in [0.5, 0.6) is 0 Å². The van der Waals surface area contributed by atoms with Crippen LogP contribution in [0.2, 0.25) is 0 Å². The van der Waals surface area contributed by atoms with Crippen molar-refractivity contribution in [3.63, 3.8) is 0 Å². The fourth-order valence-electron chi connectivity index (χ4n) is 6.99. The molecule has 1 aromatic rings. The Morgan fingerprint density at radius 1 is 1.20 bits per heavy atom. The minimum absolute atomic E-state index is 0.131. The van der Waals surface area contributed by atoms with Crippen LogP contribution in [0.15, 0.2) is 55.6 Å². The molecule has 40 heavy (non-hydrogen) atoms. The number of allylic oxidation sites excluding steroid dienone is 1. The van der Waals surface area contributed by atoms with E-state index in [0.717, 1.165) is 44.1 Å². The summed E-state index contributed by atoms with van der Waals surface area (Å²) in [5.74, 6) is -2.04. The molecule has 218 valence electrons. The summed E-state index contributed by atoms with van der Waals surface area (Å²) >= 11 is 1.63. The monoisotopic (exact) mass is 568 g/mol. The van der Waals surface area contributed by atoms with Crippen LogP contribution in [0, 0.1) is 11.8 Å². The van der Waals surface area contributed by atoms with E-state index >= 15 is 0 Å². The van der Waals surface area contributed by atoms with Gasteiger partial charge in [-0.15, -0.1) is 24.9 Å². The molecule has 3 aliphatic heterocycles. The molecule has 6 atom stereocenters. The number of hydrogen-bond acceptors (Lipinski definition) is 6. The Bertz CT molecular complexity index is 1100. The number of likely N-dealkylation sites (tertiary alicyclic amines) is 1. The Labute approximate surface area is 243 Å². The summed E-state index contributed by atoms with van der Waals surface area (Å²) in [4.78, 5) is 46.1. The van der Waals surface area contributed by atoms with Gasteiger partial charge in [-0.05, 0) is 51.0 Å². The Kier molecular flexibility index (Phi) is 9.83. The summed E-state index contributed by atoms with van der Waals surface area (Å²) in [6.45, 7) is 12.7. The molecule has 2 bridgehead atoms. The van der Waals surface area contributed by atoms with Crippen molar-refractivity contribution >= 4 is 29.5 Å². The summed E-state index contributed by atoms with van der Waals surface area (Å²) in [5, 5.41) is 10.6. The van der Waals surface area contributed by atoms with Crippen molar-refractivity contribution in [2.24, 2.45) is 11.8 Å². The van der Waals surface area contributed by atoms with Gasteiger partial charge in [-0.3, -0.25) is 14.4 Å². The number of amides is 2. The van der Waals surface area contributed by atoms with E-state index < -0.39 is 33.4 Å². The quantitative estimate of drug-likeness (QED) is 0.184. The molecule has 2 unspecified atom stereocenters. The lowest BCUT2D eigenvalue weighted by Gasteiger charge is -2.39. The Hall–Kier alpha value is -2.58. The van der Waals surface area contributed by atoms with E-state index in [-0.39, 0.29) is 24.4 Å². The fourth-order valence-corrected chi connectivity index (χ4v) is 9.31. The van der Waals surface area contributed by atoms with Gasteiger partial charge >= 0.3 is 5.97 Å². The van der Waals surface area contributed by atoms with E-state index in [1.165, 1.54) is 0 Å². The van der Waals surface area contributed by atoms with Crippen molar-refractivity contribution < 1.29 is 24.2 Å². The highest BCUT2D eigenvalue weighted by Crippen LogP contribution is 2.72. The fraction of sp³-hybridized carbons (Fsp3) is 0.594. The molecular formula is C32H44N2O5S. The zero-order valence-electron chi connectivity index (χ0n) is 23.9. The van der Waals surface area contributed by atoms with E-state index in [4.69, 9.17) is 4.74 Å². The van der Waals surface area contributed by atoms with Crippen molar-refractivity contribution in [3.05, 3.63) is 61.2 Å². The molecule has 7 nitrogen and oxygen atoms in total.